The van der Waals surface area contributed by atoms with E-state index in [1.54, 1.807) is 6.92 Å². The Balaban J connectivity index is 1.85. The number of nitrogens with zero attached hydrogens (tertiary/aromatic N) is 2. The van der Waals surface area contributed by atoms with Gasteiger partial charge in [-0.2, -0.15) is 0 Å². The van der Waals surface area contributed by atoms with E-state index in [-0.39, 0.29) is 6.04 Å². The number of piperazine rings is 1. The van der Waals surface area contributed by atoms with Gasteiger partial charge in [-0.3, -0.25) is 14.6 Å². The summed E-state index contributed by atoms with van der Waals surface area (Å²) in [6, 6.07) is 8.19. The summed E-state index contributed by atoms with van der Waals surface area (Å²) in [7, 11) is 0. The van der Waals surface area contributed by atoms with Gasteiger partial charge in [0.15, 0.2) is 0 Å². The highest BCUT2D eigenvalue weighted by atomic mass is 16.4. The molecule has 1 aromatic rings. The first-order valence-corrected chi connectivity index (χ1v) is 6.81. The first-order chi connectivity index (χ1) is 9.06. The van der Waals surface area contributed by atoms with Crippen LogP contribution in [0.15, 0.2) is 24.3 Å². The average molecular weight is 262 g/mol. The molecule has 1 fully saturated rings. The molecule has 4 heteroatoms. The molecule has 0 bridgehead atoms. The number of benzene rings is 1. The van der Waals surface area contributed by atoms with Gasteiger partial charge in [-0.05, 0) is 19.4 Å². The molecule has 0 radical (unpaired) electrons. The van der Waals surface area contributed by atoms with E-state index in [4.69, 9.17) is 5.11 Å². The monoisotopic (exact) mass is 262 g/mol. The lowest BCUT2D eigenvalue weighted by Crippen LogP contribution is -2.51. The predicted octanol–water partition coefficient (Wildman–Crippen LogP) is 1.59. The molecule has 104 valence electrons. The molecule has 1 aliphatic heterocycles. The molecule has 1 unspecified atom stereocenters. The average Bonchev–Trinajstić information content (AvgIpc) is 2.39. The summed E-state index contributed by atoms with van der Waals surface area (Å²) < 4.78 is 0. The van der Waals surface area contributed by atoms with Gasteiger partial charge in [0.1, 0.15) is 6.04 Å². The van der Waals surface area contributed by atoms with E-state index >= 15 is 0 Å². The SMILES string of the molecule is Cc1cccc(CN2CCN(C(C)C(=O)O)CC2)c1. The first-order valence-electron chi connectivity index (χ1n) is 6.81. The van der Waals surface area contributed by atoms with Crippen LogP contribution in [0.1, 0.15) is 18.1 Å². The third-order valence-corrected chi connectivity index (χ3v) is 3.80. The van der Waals surface area contributed by atoms with Gasteiger partial charge in [0.2, 0.25) is 0 Å². The number of carboxylic acids is 1. The van der Waals surface area contributed by atoms with Gasteiger partial charge >= 0.3 is 5.97 Å². The van der Waals surface area contributed by atoms with Crippen molar-refractivity contribution < 1.29 is 9.90 Å². The normalized spacial score (nSPS) is 19.3. The minimum Gasteiger partial charge on any atom is -0.480 e. The lowest BCUT2D eigenvalue weighted by atomic mass is 10.1. The van der Waals surface area contributed by atoms with Gasteiger partial charge in [0.25, 0.3) is 0 Å². The van der Waals surface area contributed by atoms with Gasteiger partial charge in [-0.15, -0.1) is 0 Å². The van der Waals surface area contributed by atoms with Crippen molar-refractivity contribution in [3.8, 4) is 0 Å². The number of hydrogen-bond acceptors (Lipinski definition) is 3. The molecule has 1 atom stereocenters. The summed E-state index contributed by atoms with van der Waals surface area (Å²) in [6.45, 7) is 8.36. The molecule has 0 spiro atoms. The molecule has 0 aliphatic carbocycles. The Morgan fingerprint density at radius 3 is 2.58 bits per heavy atom. The van der Waals surface area contributed by atoms with Crippen LogP contribution in [-0.4, -0.2) is 53.1 Å². The van der Waals surface area contributed by atoms with E-state index in [2.05, 4.69) is 36.1 Å². The topological polar surface area (TPSA) is 43.8 Å². The fourth-order valence-electron chi connectivity index (χ4n) is 2.53. The van der Waals surface area contributed by atoms with Crippen molar-refractivity contribution in [2.45, 2.75) is 26.4 Å². The summed E-state index contributed by atoms with van der Waals surface area (Å²) in [5.41, 5.74) is 2.62. The maximum absolute atomic E-state index is 11.0. The Bertz CT molecular complexity index is 440. The number of rotatable bonds is 4. The molecule has 1 heterocycles. The van der Waals surface area contributed by atoms with Gasteiger partial charge in [0, 0.05) is 32.7 Å². The van der Waals surface area contributed by atoms with Gasteiger partial charge < -0.3 is 5.11 Å². The second-order valence-corrected chi connectivity index (χ2v) is 5.32. The maximum atomic E-state index is 11.0. The smallest absolute Gasteiger partial charge is 0.320 e. The molecular formula is C15H22N2O2. The lowest BCUT2D eigenvalue weighted by molar-refractivity contribution is -0.143. The fraction of sp³-hybridized carbons (Fsp3) is 0.533. The van der Waals surface area contributed by atoms with Crippen LogP contribution in [0.5, 0.6) is 0 Å². The number of aliphatic carboxylic acids is 1. The Kier molecular flexibility index (Phi) is 4.56. The number of aryl methyl sites for hydroxylation is 1. The quantitative estimate of drug-likeness (QED) is 0.895. The number of carboxylic acid groups (broad SMARTS) is 1. The van der Waals surface area contributed by atoms with E-state index in [9.17, 15) is 4.79 Å². The van der Waals surface area contributed by atoms with Gasteiger partial charge in [-0.25, -0.2) is 0 Å². The van der Waals surface area contributed by atoms with Crippen LogP contribution in [0, 0.1) is 6.92 Å². The summed E-state index contributed by atoms with van der Waals surface area (Å²) in [6.07, 6.45) is 0. The molecule has 1 aromatic carbocycles. The van der Waals surface area contributed by atoms with Crippen molar-refractivity contribution in [2.75, 3.05) is 26.2 Å². The molecule has 2 rings (SSSR count). The van der Waals surface area contributed by atoms with Crippen molar-refractivity contribution >= 4 is 5.97 Å². The molecule has 0 amide bonds. The van der Waals surface area contributed by atoms with Crippen molar-refractivity contribution in [3.63, 3.8) is 0 Å². The largest absolute Gasteiger partial charge is 0.480 e. The zero-order chi connectivity index (χ0) is 13.8. The highest BCUT2D eigenvalue weighted by molar-refractivity contribution is 5.72. The molecule has 19 heavy (non-hydrogen) atoms. The lowest BCUT2D eigenvalue weighted by Gasteiger charge is -2.36. The second-order valence-electron chi connectivity index (χ2n) is 5.32. The molecule has 4 nitrogen and oxygen atoms in total. The summed E-state index contributed by atoms with van der Waals surface area (Å²) in [5.74, 6) is -0.730. The van der Waals surface area contributed by atoms with Crippen LogP contribution in [0.3, 0.4) is 0 Å². The number of hydrogen-bond donors (Lipinski definition) is 1. The summed E-state index contributed by atoms with van der Waals surface area (Å²) in [4.78, 5) is 15.4. The van der Waals surface area contributed by atoms with E-state index < -0.39 is 5.97 Å². The predicted molar refractivity (Wildman–Crippen MR) is 75.1 cm³/mol. The maximum Gasteiger partial charge on any atom is 0.320 e. The Morgan fingerprint density at radius 1 is 1.32 bits per heavy atom. The Hall–Kier alpha value is -1.39. The van der Waals surface area contributed by atoms with Crippen LogP contribution in [0.2, 0.25) is 0 Å². The molecule has 1 saturated heterocycles. The van der Waals surface area contributed by atoms with Crippen molar-refractivity contribution in [1.29, 1.82) is 0 Å². The molecule has 1 aliphatic rings. The van der Waals surface area contributed by atoms with Crippen LogP contribution < -0.4 is 0 Å². The molecule has 0 aromatic heterocycles. The first kappa shape index (κ1) is 14.0. The van der Waals surface area contributed by atoms with Crippen LogP contribution in [-0.2, 0) is 11.3 Å². The van der Waals surface area contributed by atoms with E-state index in [0.717, 1.165) is 32.7 Å². The minimum atomic E-state index is -0.730. The van der Waals surface area contributed by atoms with E-state index in [1.807, 2.05) is 4.90 Å². The van der Waals surface area contributed by atoms with Crippen molar-refractivity contribution in [2.24, 2.45) is 0 Å². The van der Waals surface area contributed by atoms with Crippen LogP contribution in [0.25, 0.3) is 0 Å². The van der Waals surface area contributed by atoms with Crippen LogP contribution >= 0.6 is 0 Å². The third kappa shape index (κ3) is 3.78. The zero-order valence-corrected chi connectivity index (χ0v) is 11.7. The van der Waals surface area contributed by atoms with Gasteiger partial charge in [-0.1, -0.05) is 29.8 Å². The minimum absolute atomic E-state index is 0.374. The molecular weight excluding hydrogens is 240 g/mol. The zero-order valence-electron chi connectivity index (χ0n) is 11.7. The summed E-state index contributed by atoms with van der Waals surface area (Å²) >= 11 is 0. The standard InChI is InChI=1S/C15H22N2O2/c1-12-4-3-5-14(10-12)11-16-6-8-17(9-7-16)13(2)15(18)19/h3-5,10,13H,6-9,11H2,1-2H3,(H,18,19). The van der Waals surface area contributed by atoms with Gasteiger partial charge in [0.05, 0.1) is 0 Å². The number of carbonyl (C=O) groups is 1. The third-order valence-electron chi connectivity index (χ3n) is 3.80. The molecule has 1 N–H and O–H groups in total. The Labute approximate surface area is 114 Å². The highest BCUT2D eigenvalue weighted by Crippen LogP contribution is 2.11. The Morgan fingerprint density at radius 2 is 2.00 bits per heavy atom. The fourth-order valence-corrected chi connectivity index (χ4v) is 2.53. The van der Waals surface area contributed by atoms with Crippen molar-refractivity contribution in [1.82, 2.24) is 9.80 Å². The van der Waals surface area contributed by atoms with E-state index in [0.29, 0.717) is 0 Å². The van der Waals surface area contributed by atoms with Crippen LogP contribution in [0.4, 0.5) is 0 Å². The van der Waals surface area contributed by atoms with E-state index in [1.165, 1.54) is 11.1 Å². The second kappa shape index (κ2) is 6.17. The molecule has 0 saturated carbocycles. The van der Waals surface area contributed by atoms with Crippen molar-refractivity contribution in [3.05, 3.63) is 35.4 Å². The highest BCUT2D eigenvalue weighted by Gasteiger charge is 2.24. The summed E-state index contributed by atoms with van der Waals surface area (Å²) in [5, 5.41) is 9.01.